The highest BCUT2D eigenvalue weighted by Gasteiger charge is 2.11. The number of hydrogen-bond donors (Lipinski definition) is 2. The Labute approximate surface area is 145 Å². The number of hydrogen-bond acceptors (Lipinski definition) is 6. The molecule has 2 aromatic heterocycles. The number of nitrogens with one attached hydrogen (secondary N) is 2. The zero-order valence-corrected chi connectivity index (χ0v) is 15.0. The standard InChI is InChI=1S/C9H12N2S.C8H10N2S/c1-7-2-4-10-6-8(7)9-3-5-11-12-9;1-2-7(6-9-4-1)8-3-5-10-11-8/h3,5,10H,2,4,6H2,1H3;2-3,5,9H,1,4,6H2. The van der Waals surface area contributed by atoms with Gasteiger partial charge in [-0.25, -0.2) is 8.75 Å². The van der Waals surface area contributed by atoms with Crippen LogP contribution in [0.5, 0.6) is 0 Å². The van der Waals surface area contributed by atoms with E-state index >= 15 is 0 Å². The van der Waals surface area contributed by atoms with Crippen molar-refractivity contribution < 1.29 is 0 Å². The van der Waals surface area contributed by atoms with Gasteiger partial charge < -0.3 is 10.6 Å². The lowest BCUT2D eigenvalue weighted by molar-refractivity contribution is 0.716. The van der Waals surface area contributed by atoms with Crippen molar-refractivity contribution in [3.8, 4) is 0 Å². The first-order valence-corrected chi connectivity index (χ1v) is 9.50. The molecule has 0 fully saturated rings. The topological polar surface area (TPSA) is 49.8 Å². The molecule has 2 aliphatic rings. The highest BCUT2D eigenvalue weighted by molar-refractivity contribution is 7.07. The summed E-state index contributed by atoms with van der Waals surface area (Å²) in [7, 11) is 0. The van der Waals surface area contributed by atoms with Gasteiger partial charge in [0.15, 0.2) is 0 Å². The second-order valence-electron chi connectivity index (χ2n) is 5.63. The summed E-state index contributed by atoms with van der Waals surface area (Å²) in [4.78, 5) is 2.62. The average molecular weight is 347 g/mol. The zero-order valence-electron chi connectivity index (χ0n) is 13.3. The van der Waals surface area contributed by atoms with Crippen molar-refractivity contribution >= 4 is 34.2 Å². The first-order chi connectivity index (χ1) is 11.3. The summed E-state index contributed by atoms with van der Waals surface area (Å²) in [6, 6.07) is 4.17. The van der Waals surface area contributed by atoms with E-state index in [1.165, 1.54) is 32.9 Å². The van der Waals surface area contributed by atoms with Gasteiger partial charge in [0.05, 0.1) is 9.75 Å². The summed E-state index contributed by atoms with van der Waals surface area (Å²) in [6.45, 7) is 6.46. The summed E-state index contributed by atoms with van der Waals surface area (Å²) < 4.78 is 8.18. The zero-order chi connectivity index (χ0) is 15.9. The van der Waals surface area contributed by atoms with Crippen LogP contribution in [0.25, 0.3) is 11.1 Å². The summed E-state index contributed by atoms with van der Waals surface area (Å²) in [5, 5.41) is 6.71. The molecule has 0 amide bonds. The summed E-state index contributed by atoms with van der Waals surface area (Å²) in [6.07, 6.45) is 8.34. The Bertz CT molecular complexity index is 657. The second-order valence-corrected chi connectivity index (χ2v) is 7.30. The molecule has 0 unspecified atom stereocenters. The first-order valence-electron chi connectivity index (χ1n) is 7.96. The van der Waals surface area contributed by atoms with Crippen LogP contribution in [0.3, 0.4) is 0 Å². The molecule has 6 heteroatoms. The third kappa shape index (κ3) is 4.57. The van der Waals surface area contributed by atoms with Crippen LogP contribution in [0.1, 0.15) is 29.5 Å². The van der Waals surface area contributed by atoms with E-state index in [9.17, 15) is 0 Å². The lowest BCUT2D eigenvalue weighted by Crippen LogP contribution is -2.23. The maximum atomic E-state index is 4.11. The van der Waals surface area contributed by atoms with Crippen molar-refractivity contribution in [2.45, 2.75) is 19.8 Å². The van der Waals surface area contributed by atoms with E-state index in [2.05, 4.69) is 44.5 Å². The molecule has 0 bridgehead atoms. The van der Waals surface area contributed by atoms with Gasteiger partial charge in [0.1, 0.15) is 0 Å². The third-order valence-electron chi connectivity index (χ3n) is 4.01. The molecule has 0 saturated heterocycles. The summed E-state index contributed by atoms with van der Waals surface area (Å²) in [5.41, 5.74) is 4.36. The molecule has 4 rings (SSSR count). The van der Waals surface area contributed by atoms with Crippen LogP contribution in [0.2, 0.25) is 0 Å². The Hall–Kier alpha value is -1.34. The van der Waals surface area contributed by atoms with E-state index in [0.717, 1.165) is 32.6 Å². The van der Waals surface area contributed by atoms with Crippen molar-refractivity contribution in [2.75, 3.05) is 26.2 Å². The third-order valence-corrected chi connectivity index (χ3v) is 5.64. The maximum absolute atomic E-state index is 4.11. The van der Waals surface area contributed by atoms with Crippen LogP contribution in [-0.2, 0) is 0 Å². The number of aromatic nitrogens is 2. The summed E-state index contributed by atoms with van der Waals surface area (Å²) in [5.74, 6) is 0. The largest absolute Gasteiger partial charge is 0.312 e. The molecule has 2 N–H and O–H groups in total. The van der Waals surface area contributed by atoms with Crippen LogP contribution < -0.4 is 10.6 Å². The van der Waals surface area contributed by atoms with Crippen molar-refractivity contribution in [3.63, 3.8) is 0 Å². The fraction of sp³-hybridized carbons (Fsp3) is 0.412. The maximum Gasteiger partial charge on any atom is 0.0521 e. The minimum atomic E-state index is 1.00. The molecule has 0 aromatic carbocycles. The molecule has 0 aliphatic carbocycles. The molecule has 23 heavy (non-hydrogen) atoms. The Kier molecular flexibility index (Phi) is 6.10. The van der Waals surface area contributed by atoms with Gasteiger partial charge in [-0.1, -0.05) is 11.6 Å². The Morgan fingerprint density at radius 1 is 0.957 bits per heavy atom. The van der Waals surface area contributed by atoms with Gasteiger partial charge in [0.25, 0.3) is 0 Å². The Balaban J connectivity index is 0.000000136. The molecular weight excluding hydrogens is 324 g/mol. The second kappa shape index (κ2) is 8.49. The van der Waals surface area contributed by atoms with Gasteiger partial charge in [-0.3, -0.25) is 0 Å². The molecular formula is C17H22N4S2. The van der Waals surface area contributed by atoms with Crippen LogP contribution >= 0.6 is 23.1 Å². The molecule has 4 heterocycles. The van der Waals surface area contributed by atoms with E-state index in [4.69, 9.17) is 0 Å². The average Bonchev–Trinajstić information content (AvgIpc) is 3.31. The number of rotatable bonds is 2. The number of nitrogens with zero attached hydrogens (tertiary/aromatic N) is 2. The van der Waals surface area contributed by atoms with E-state index in [1.54, 1.807) is 23.1 Å². The SMILES string of the molecule is C1=C(c2ccns2)CNCC1.CC1=C(c2ccns2)CNCC1. The van der Waals surface area contributed by atoms with E-state index in [1.807, 2.05) is 12.4 Å². The summed E-state index contributed by atoms with van der Waals surface area (Å²) >= 11 is 3.16. The normalized spacial score (nSPS) is 18.2. The van der Waals surface area contributed by atoms with Gasteiger partial charge >= 0.3 is 0 Å². The van der Waals surface area contributed by atoms with Crippen LogP contribution in [0.15, 0.2) is 36.2 Å². The lowest BCUT2D eigenvalue weighted by Gasteiger charge is -2.17. The fourth-order valence-electron chi connectivity index (χ4n) is 2.67. The highest BCUT2D eigenvalue weighted by Crippen LogP contribution is 2.24. The van der Waals surface area contributed by atoms with E-state index < -0.39 is 0 Å². The molecule has 122 valence electrons. The monoisotopic (exact) mass is 346 g/mol. The minimum absolute atomic E-state index is 1.00. The van der Waals surface area contributed by atoms with Gasteiger partial charge in [-0.15, -0.1) is 0 Å². The van der Waals surface area contributed by atoms with Crippen molar-refractivity contribution in [3.05, 3.63) is 45.9 Å². The van der Waals surface area contributed by atoms with Crippen LogP contribution in [-0.4, -0.2) is 34.9 Å². The smallest absolute Gasteiger partial charge is 0.0521 e. The predicted octanol–water partition coefficient (Wildman–Crippen LogP) is 3.43. The molecule has 4 nitrogen and oxygen atoms in total. The van der Waals surface area contributed by atoms with Crippen molar-refractivity contribution in [1.82, 2.24) is 19.4 Å². The fourth-order valence-corrected chi connectivity index (χ4v) is 4.02. The van der Waals surface area contributed by atoms with Crippen molar-refractivity contribution in [1.29, 1.82) is 0 Å². The first kappa shape index (κ1) is 16.5. The minimum Gasteiger partial charge on any atom is -0.312 e. The molecule has 0 saturated carbocycles. The predicted molar refractivity (Wildman–Crippen MR) is 99.8 cm³/mol. The molecule has 0 spiro atoms. The van der Waals surface area contributed by atoms with Gasteiger partial charge in [-0.2, -0.15) is 0 Å². The van der Waals surface area contributed by atoms with Gasteiger partial charge in [0, 0.05) is 25.5 Å². The molecule has 0 radical (unpaired) electrons. The Morgan fingerprint density at radius 2 is 1.70 bits per heavy atom. The van der Waals surface area contributed by atoms with E-state index in [-0.39, 0.29) is 0 Å². The molecule has 2 aliphatic heterocycles. The van der Waals surface area contributed by atoms with Gasteiger partial charge in [-0.05, 0) is 79.2 Å². The van der Waals surface area contributed by atoms with Gasteiger partial charge in [0.2, 0.25) is 0 Å². The Morgan fingerprint density at radius 3 is 2.30 bits per heavy atom. The molecule has 2 aromatic rings. The quantitative estimate of drug-likeness (QED) is 0.875. The lowest BCUT2D eigenvalue weighted by atomic mass is 10.0. The van der Waals surface area contributed by atoms with E-state index in [0.29, 0.717) is 0 Å². The van der Waals surface area contributed by atoms with Crippen LogP contribution in [0, 0.1) is 0 Å². The molecule has 0 atom stereocenters. The highest BCUT2D eigenvalue weighted by atomic mass is 32.1. The van der Waals surface area contributed by atoms with Crippen LogP contribution in [0.4, 0.5) is 0 Å². The van der Waals surface area contributed by atoms with Crippen molar-refractivity contribution in [2.24, 2.45) is 0 Å².